The molecule has 6 nitrogen and oxygen atoms in total. The van der Waals surface area contributed by atoms with E-state index in [2.05, 4.69) is 24.5 Å². The van der Waals surface area contributed by atoms with Crippen LogP contribution in [0.15, 0.2) is 24.3 Å². The second kappa shape index (κ2) is 7.68. The molecule has 1 aromatic rings. The number of amides is 2. The molecule has 0 saturated carbocycles. The predicted octanol–water partition coefficient (Wildman–Crippen LogP) is 2.78. The molecule has 0 aromatic heterocycles. The number of hydrogen-bond acceptors (Lipinski definition) is 3. The minimum atomic E-state index is -3.24. The van der Waals surface area contributed by atoms with Crippen LogP contribution in [0.25, 0.3) is 0 Å². The van der Waals surface area contributed by atoms with E-state index in [4.69, 9.17) is 0 Å². The Hall–Kier alpha value is -1.76. The van der Waals surface area contributed by atoms with Crippen molar-refractivity contribution in [3.05, 3.63) is 24.3 Å². The maximum atomic E-state index is 12.1. The molecule has 0 unspecified atom stereocenters. The minimum Gasteiger partial charge on any atom is -0.338 e. The first-order valence-corrected chi connectivity index (χ1v) is 9.65. The minimum absolute atomic E-state index is 0.181. The van der Waals surface area contributed by atoms with Crippen molar-refractivity contribution in [2.24, 2.45) is 5.92 Å². The van der Waals surface area contributed by atoms with Gasteiger partial charge < -0.3 is 10.6 Å². The molecule has 1 fully saturated rings. The molecule has 0 atom stereocenters. The van der Waals surface area contributed by atoms with Crippen molar-refractivity contribution in [3.63, 3.8) is 0 Å². The Morgan fingerprint density at radius 3 is 2.78 bits per heavy atom. The van der Waals surface area contributed by atoms with Crippen molar-refractivity contribution in [2.45, 2.75) is 33.1 Å². The summed E-state index contributed by atoms with van der Waals surface area (Å²) in [5.74, 6) is 0.711. The summed E-state index contributed by atoms with van der Waals surface area (Å²) in [6, 6.07) is 6.69. The van der Waals surface area contributed by atoms with Gasteiger partial charge in [-0.25, -0.2) is 13.2 Å². The number of carbonyl (C=O) groups excluding carboxylic acids is 1. The van der Waals surface area contributed by atoms with Crippen LogP contribution in [-0.2, 0) is 10.0 Å². The van der Waals surface area contributed by atoms with E-state index in [0.29, 0.717) is 36.8 Å². The highest BCUT2D eigenvalue weighted by Crippen LogP contribution is 2.25. The second-order valence-corrected chi connectivity index (χ2v) is 8.22. The van der Waals surface area contributed by atoms with Gasteiger partial charge in [-0.15, -0.1) is 0 Å². The number of sulfonamides is 1. The molecule has 2 N–H and O–H groups in total. The Labute approximate surface area is 138 Å². The van der Waals surface area contributed by atoms with Gasteiger partial charge in [-0.2, -0.15) is 0 Å². The van der Waals surface area contributed by atoms with E-state index in [1.54, 1.807) is 24.3 Å². The van der Waals surface area contributed by atoms with Crippen LogP contribution in [0.2, 0.25) is 0 Å². The van der Waals surface area contributed by atoms with Gasteiger partial charge in [0.05, 0.1) is 11.4 Å². The smallest absolute Gasteiger partial charge is 0.319 e. The first-order chi connectivity index (χ1) is 10.9. The maximum absolute atomic E-state index is 12.1. The average Bonchev–Trinajstić information content (AvgIpc) is 2.46. The van der Waals surface area contributed by atoms with Crippen LogP contribution in [0.4, 0.5) is 16.2 Å². The van der Waals surface area contributed by atoms with Gasteiger partial charge in [0, 0.05) is 18.8 Å². The van der Waals surface area contributed by atoms with Gasteiger partial charge in [0.15, 0.2) is 0 Å². The van der Waals surface area contributed by atoms with E-state index in [1.807, 2.05) is 0 Å². The molecule has 7 heteroatoms. The lowest BCUT2D eigenvalue weighted by atomic mass is 10.1. The lowest BCUT2D eigenvalue weighted by Crippen LogP contribution is -2.37. The summed E-state index contributed by atoms with van der Waals surface area (Å²) in [6.07, 6.45) is 2.47. The van der Waals surface area contributed by atoms with E-state index in [1.165, 1.54) is 4.31 Å². The monoisotopic (exact) mass is 339 g/mol. The van der Waals surface area contributed by atoms with Crippen LogP contribution in [0.5, 0.6) is 0 Å². The normalized spacial score (nSPS) is 17.1. The number of nitrogens with one attached hydrogen (secondary N) is 2. The number of hydrogen-bond donors (Lipinski definition) is 2. The Balaban J connectivity index is 2.01. The molecule has 1 aliphatic heterocycles. The van der Waals surface area contributed by atoms with Crippen LogP contribution in [-0.4, -0.2) is 33.3 Å². The zero-order valence-electron chi connectivity index (χ0n) is 13.7. The van der Waals surface area contributed by atoms with Crippen LogP contribution < -0.4 is 14.9 Å². The highest BCUT2D eigenvalue weighted by atomic mass is 32.2. The Morgan fingerprint density at radius 2 is 2.09 bits per heavy atom. The van der Waals surface area contributed by atoms with E-state index in [0.717, 1.165) is 12.8 Å². The topological polar surface area (TPSA) is 78.5 Å². The summed E-state index contributed by atoms with van der Waals surface area (Å²) in [7, 11) is -3.24. The SMILES string of the molecule is CC(C)CCNC(=O)Nc1cccc(N2CCCCS2(=O)=O)c1. The molecule has 0 spiro atoms. The van der Waals surface area contributed by atoms with Gasteiger partial charge in [0.25, 0.3) is 0 Å². The molecule has 1 saturated heterocycles. The summed E-state index contributed by atoms with van der Waals surface area (Å²) in [4.78, 5) is 11.9. The van der Waals surface area contributed by atoms with E-state index in [9.17, 15) is 13.2 Å². The fourth-order valence-electron chi connectivity index (χ4n) is 2.47. The van der Waals surface area contributed by atoms with Gasteiger partial charge in [-0.3, -0.25) is 4.31 Å². The lowest BCUT2D eigenvalue weighted by Gasteiger charge is -2.28. The molecular weight excluding hydrogens is 314 g/mol. The molecule has 0 aliphatic carbocycles. The molecule has 2 amide bonds. The fraction of sp³-hybridized carbons (Fsp3) is 0.562. The number of rotatable bonds is 5. The third-order valence-corrected chi connectivity index (χ3v) is 5.62. The van der Waals surface area contributed by atoms with Crippen molar-refractivity contribution in [1.29, 1.82) is 0 Å². The van der Waals surface area contributed by atoms with Crippen molar-refractivity contribution < 1.29 is 13.2 Å². The average molecular weight is 339 g/mol. The molecule has 0 radical (unpaired) electrons. The summed E-state index contributed by atoms with van der Waals surface area (Å²) >= 11 is 0. The zero-order valence-corrected chi connectivity index (χ0v) is 14.5. The fourth-order valence-corrected chi connectivity index (χ4v) is 4.10. The molecule has 0 bridgehead atoms. The largest absolute Gasteiger partial charge is 0.338 e. The number of benzene rings is 1. The first kappa shape index (κ1) is 17.6. The highest BCUT2D eigenvalue weighted by Gasteiger charge is 2.26. The second-order valence-electron chi connectivity index (χ2n) is 6.21. The Morgan fingerprint density at radius 1 is 1.30 bits per heavy atom. The molecule has 23 heavy (non-hydrogen) atoms. The molecule has 128 valence electrons. The standard InChI is InChI=1S/C16H25N3O3S/c1-13(2)8-9-17-16(20)18-14-6-5-7-15(12-14)19-10-3-4-11-23(19,21)22/h5-7,12-13H,3-4,8-11H2,1-2H3,(H2,17,18,20). The predicted molar refractivity (Wildman–Crippen MR) is 93.3 cm³/mol. The number of anilines is 2. The highest BCUT2D eigenvalue weighted by molar-refractivity contribution is 7.92. The van der Waals surface area contributed by atoms with Crippen molar-refractivity contribution >= 4 is 27.4 Å². The third kappa shape index (κ3) is 5.13. The van der Waals surface area contributed by atoms with E-state index in [-0.39, 0.29) is 11.8 Å². The summed E-state index contributed by atoms with van der Waals surface area (Å²) in [5.41, 5.74) is 1.19. The van der Waals surface area contributed by atoms with Crippen LogP contribution in [0.3, 0.4) is 0 Å². The van der Waals surface area contributed by atoms with E-state index >= 15 is 0 Å². The van der Waals surface area contributed by atoms with Crippen molar-refractivity contribution in [2.75, 3.05) is 28.5 Å². The first-order valence-electron chi connectivity index (χ1n) is 8.04. The van der Waals surface area contributed by atoms with Crippen LogP contribution in [0.1, 0.15) is 33.1 Å². The quantitative estimate of drug-likeness (QED) is 0.866. The van der Waals surface area contributed by atoms with Gasteiger partial charge in [-0.05, 0) is 43.4 Å². The molecule has 1 aliphatic rings. The molecular formula is C16H25N3O3S. The Kier molecular flexibility index (Phi) is 5.87. The number of carbonyl (C=O) groups is 1. The third-order valence-electron chi connectivity index (χ3n) is 3.75. The molecule has 2 rings (SSSR count). The maximum Gasteiger partial charge on any atom is 0.319 e. The van der Waals surface area contributed by atoms with Crippen LogP contribution >= 0.6 is 0 Å². The van der Waals surface area contributed by atoms with Crippen LogP contribution in [0, 0.1) is 5.92 Å². The van der Waals surface area contributed by atoms with Crippen molar-refractivity contribution in [1.82, 2.24) is 5.32 Å². The molecule has 1 aromatic carbocycles. The number of nitrogens with zero attached hydrogens (tertiary/aromatic N) is 1. The van der Waals surface area contributed by atoms with Gasteiger partial charge in [-0.1, -0.05) is 19.9 Å². The lowest BCUT2D eigenvalue weighted by molar-refractivity contribution is 0.251. The van der Waals surface area contributed by atoms with E-state index < -0.39 is 10.0 Å². The zero-order chi connectivity index (χ0) is 16.9. The van der Waals surface area contributed by atoms with Gasteiger partial charge in [0.1, 0.15) is 0 Å². The number of urea groups is 1. The Bertz CT molecular complexity index is 644. The summed E-state index contributed by atoms with van der Waals surface area (Å²) in [5, 5.41) is 5.55. The summed E-state index contributed by atoms with van der Waals surface area (Å²) in [6.45, 7) is 5.31. The van der Waals surface area contributed by atoms with Gasteiger partial charge >= 0.3 is 6.03 Å². The van der Waals surface area contributed by atoms with Gasteiger partial charge in [0.2, 0.25) is 10.0 Å². The molecule has 1 heterocycles. The summed E-state index contributed by atoms with van der Waals surface area (Å²) < 4.78 is 25.7. The van der Waals surface area contributed by atoms with Crippen molar-refractivity contribution in [3.8, 4) is 0 Å².